The number of hydrogen-bond donors (Lipinski definition) is 2. The summed E-state index contributed by atoms with van der Waals surface area (Å²) in [5.74, 6) is 0. The Bertz CT molecular complexity index is 314. The Morgan fingerprint density at radius 1 is 1.36 bits per heavy atom. The minimum Gasteiger partial charge on any atom is -0.382 e. The molecule has 1 fully saturated rings. The van der Waals surface area contributed by atoms with E-state index in [1.54, 1.807) is 0 Å². The van der Waals surface area contributed by atoms with Gasteiger partial charge in [0.25, 0.3) is 0 Å². The van der Waals surface area contributed by atoms with Crippen LogP contribution in [-0.2, 0) is 0 Å². The molecule has 0 heterocycles. The molecule has 1 aromatic rings. The zero-order valence-electron chi connectivity index (χ0n) is 8.04. The van der Waals surface area contributed by atoms with E-state index in [0.717, 1.165) is 12.8 Å². The summed E-state index contributed by atoms with van der Waals surface area (Å²) < 4.78 is 1.27. The molecule has 0 amide bonds. The monoisotopic (exact) mass is 302 g/mol. The molecule has 2 unspecified atom stereocenters. The van der Waals surface area contributed by atoms with Gasteiger partial charge >= 0.3 is 0 Å². The highest BCUT2D eigenvalue weighted by Crippen LogP contribution is 2.22. The quantitative estimate of drug-likeness (QED) is 0.824. The molecule has 76 valence electrons. The van der Waals surface area contributed by atoms with Gasteiger partial charge in [0.1, 0.15) is 0 Å². The van der Waals surface area contributed by atoms with Crippen molar-refractivity contribution in [3.8, 4) is 0 Å². The molecule has 0 spiro atoms. The van der Waals surface area contributed by atoms with E-state index in [1.807, 2.05) is 0 Å². The van der Waals surface area contributed by atoms with Gasteiger partial charge in [0, 0.05) is 21.3 Å². The summed E-state index contributed by atoms with van der Waals surface area (Å²) >= 11 is 2.33. The molecule has 0 aromatic heterocycles. The molecule has 0 aliphatic heterocycles. The summed E-state index contributed by atoms with van der Waals surface area (Å²) in [6.45, 7) is 0. The SMILES string of the molecule is NC1CCC(Nc2cccc(I)c2)C1. The molecule has 0 saturated heterocycles. The predicted molar refractivity (Wildman–Crippen MR) is 68.4 cm³/mol. The fraction of sp³-hybridized carbons (Fsp3) is 0.455. The number of halogens is 1. The molecule has 3 N–H and O–H groups in total. The average molecular weight is 302 g/mol. The molecule has 2 rings (SSSR count). The maximum Gasteiger partial charge on any atom is 0.0352 e. The lowest BCUT2D eigenvalue weighted by Crippen LogP contribution is -2.20. The standard InChI is InChI=1S/C11H15IN2/c12-8-2-1-3-10(6-8)14-11-5-4-9(13)7-11/h1-3,6,9,11,14H,4-5,7,13H2. The Morgan fingerprint density at radius 3 is 2.86 bits per heavy atom. The molecule has 0 radical (unpaired) electrons. The van der Waals surface area contributed by atoms with E-state index in [1.165, 1.54) is 15.7 Å². The van der Waals surface area contributed by atoms with Gasteiger partial charge in [0.15, 0.2) is 0 Å². The highest BCUT2D eigenvalue weighted by atomic mass is 127. The van der Waals surface area contributed by atoms with E-state index in [9.17, 15) is 0 Å². The molecular formula is C11H15IN2. The second kappa shape index (κ2) is 4.49. The lowest BCUT2D eigenvalue weighted by molar-refractivity contribution is 0.688. The van der Waals surface area contributed by atoms with Crippen LogP contribution in [-0.4, -0.2) is 12.1 Å². The van der Waals surface area contributed by atoms with Crippen molar-refractivity contribution in [3.05, 3.63) is 27.8 Å². The number of benzene rings is 1. The summed E-state index contributed by atoms with van der Waals surface area (Å²) in [5, 5.41) is 3.53. The van der Waals surface area contributed by atoms with Crippen molar-refractivity contribution < 1.29 is 0 Å². The molecule has 1 aliphatic carbocycles. The number of anilines is 1. The summed E-state index contributed by atoms with van der Waals surface area (Å²) in [6, 6.07) is 9.44. The lowest BCUT2D eigenvalue weighted by Gasteiger charge is -2.13. The van der Waals surface area contributed by atoms with Gasteiger partial charge in [-0.1, -0.05) is 6.07 Å². The molecule has 1 saturated carbocycles. The van der Waals surface area contributed by atoms with Gasteiger partial charge in [0.2, 0.25) is 0 Å². The smallest absolute Gasteiger partial charge is 0.0352 e. The topological polar surface area (TPSA) is 38.0 Å². The van der Waals surface area contributed by atoms with Crippen molar-refractivity contribution in [2.45, 2.75) is 31.3 Å². The molecular weight excluding hydrogens is 287 g/mol. The van der Waals surface area contributed by atoms with Crippen molar-refractivity contribution in [2.75, 3.05) is 5.32 Å². The van der Waals surface area contributed by atoms with E-state index < -0.39 is 0 Å². The average Bonchev–Trinajstić information content (AvgIpc) is 2.51. The molecule has 1 aromatic carbocycles. The van der Waals surface area contributed by atoms with E-state index in [4.69, 9.17) is 5.73 Å². The van der Waals surface area contributed by atoms with Crippen LogP contribution in [0.1, 0.15) is 19.3 Å². The van der Waals surface area contributed by atoms with Crippen molar-refractivity contribution >= 4 is 28.3 Å². The predicted octanol–water partition coefficient (Wildman–Crippen LogP) is 2.58. The molecule has 0 bridgehead atoms. The summed E-state index contributed by atoms with van der Waals surface area (Å²) in [5.41, 5.74) is 7.09. The van der Waals surface area contributed by atoms with Crippen LogP contribution in [0.25, 0.3) is 0 Å². The molecule has 3 heteroatoms. The van der Waals surface area contributed by atoms with Crippen molar-refractivity contribution in [3.63, 3.8) is 0 Å². The van der Waals surface area contributed by atoms with E-state index in [0.29, 0.717) is 12.1 Å². The second-order valence-electron chi connectivity index (χ2n) is 3.92. The van der Waals surface area contributed by atoms with Crippen LogP contribution >= 0.6 is 22.6 Å². The van der Waals surface area contributed by atoms with Crippen LogP contribution in [0.2, 0.25) is 0 Å². The van der Waals surface area contributed by atoms with Crippen LogP contribution in [0.15, 0.2) is 24.3 Å². The van der Waals surface area contributed by atoms with Crippen molar-refractivity contribution in [1.29, 1.82) is 0 Å². The molecule has 14 heavy (non-hydrogen) atoms. The van der Waals surface area contributed by atoms with Crippen LogP contribution < -0.4 is 11.1 Å². The van der Waals surface area contributed by atoms with Gasteiger partial charge in [-0.15, -0.1) is 0 Å². The van der Waals surface area contributed by atoms with Gasteiger partial charge in [0.05, 0.1) is 0 Å². The Kier molecular flexibility index (Phi) is 3.28. The lowest BCUT2D eigenvalue weighted by atomic mass is 10.2. The normalized spacial score (nSPS) is 26.4. The highest BCUT2D eigenvalue weighted by molar-refractivity contribution is 14.1. The summed E-state index contributed by atoms with van der Waals surface area (Å²) in [4.78, 5) is 0. The van der Waals surface area contributed by atoms with Gasteiger partial charge in [-0.3, -0.25) is 0 Å². The number of hydrogen-bond acceptors (Lipinski definition) is 2. The Balaban J connectivity index is 1.97. The number of nitrogens with one attached hydrogen (secondary N) is 1. The van der Waals surface area contributed by atoms with E-state index in [2.05, 4.69) is 52.2 Å². The first-order valence-electron chi connectivity index (χ1n) is 5.02. The third-order valence-corrected chi connectivity index (χ3v) is 3.34. The van der Waals surface area contributed by atoms with E-state index in [-0.39, 0.29) is 0 Å². The first-order valence-corrected chi connectivity index (χ1v) is 6.09. The number of rotatable bonds is 2. The molecule has 2 nitrogen and oxygen atoms in total. The van der Waals surface area contributed by atoms with Gasteiger partial charge < -0.3 is 11.1 Å². The van der Waals surface area contributed by atoms with Crippen LogP contribution in [0.4, 0.5) is 5.69 Å². The van der Waals surface area contributed by atoms with Gasteiger partial charge in [-0.2, -0.15) is 0 Å². The number of nitrogens with two attached hydrogens (primary N) is 1. The Hall–Kier alpha value is -0.290. The van der Waals surface area contributed by atoms with Crippen LogP contribution in [0.3, 0.4) is 0 Å². The molecule has 2 atom stereocenters. The maximum absolute atomic E-state index is 5.87. The van der Waals surface area contributed by atoms with E-state index >= 15 is 0 Å². The van der Waals surface area contributed by atoms with Crippen molar-refractivity contribution in [2.24, 2.45) is 5.73 Å². The highest BCUT2D eigenvalue weighted by Gasteiger charge is 2.21. The first kappa shape index (κ1) is 10.2. The third-order valence-electron chi connectivity index (χ3n) is 2.67. The van der Waals surface area contributed by atoms with Crippen molar-refractivity contribution in [1.82, 2.24) is 0 Å². The van der Waals surface area contributed by atoms with Gasteiger partial charge in [-0.25, -0.2) is 0 Å². The maximum atomic E-state index is 5.87. The molecule has 1 aliphatic rings. The third kappa shape index (κ3) is 2.60. The minimum absolute atomic E-state index is 0.398. The van der Waals surface area contributed by atoms with Crippen LogP contribution in [0, 0.1) is 3.57 Å². The summed E-state index contributed by atoms with van der Waals surface area (Å²) in [6.07, 6.45) is 3.46. The summed E-state index contributed by atoms with van der Waals surface area (Å²) in [7, 11) is 0. The minimum atomic E-state index is 0.398. The fourth-order valence-corrected chi connectivity index (χ4v) is 2.50. The van der Waals surface area contributed by atoms with Crippen LogP contribution in [0.5, 0.6) is 0 Å². The zero-order valence-corrected chi connectivity index (χ0v) is 10.2. The Morgan fingerprint density at radius 2 is 2.21 bits per heavy atom. The Labute approximate surface area is 98.4 Å². The largest absolute Gasteiger partial charge is 0.382 e. The van der Waals surface area contributed by atoms with Gasteiger partial charge in [-0.05, 0) is 60.1 Å². The first-order chi connectivity index (χ1) is 6.74. The zero-order chi connectivity index (χ0) is 9.97. The fourth-order valence-electron chi connectivity index (χ4n) is 1.96. The second-order valence-corrected chi connectivity index (χ2v) is 5.17.